The van der Waals surface area contributed by atoms with Gasteiger partial charge in [-0.3, -0.25) is 0 Å². The summed E-state index contributed by atoms with van der Waals surface area (Å²) in [6, 6.07) is 14.5. The van der Waals surface area contributed by atoms with Crippen LogP contribution in [0.5, 0.6) is 5.75 Å². The van der Waals surface area contributed by atoms with Gasteiger partial charge in [0.25, 0.3) is 0 Å². The molecule has 0 fully saturated rings. The lowest BCUT2D eigenvalue weighted by Crippen LogP contribution is -2.19. The summed E-state index contributed by atoms with van der Waals surface area (Å²) in [5, 5.41) is 0. The summed E-state index contributed by atoms with van der Waals surface area (Å²) in [5.41, 5.74) is 11.2. The molecule has 0 aliphatic carbocycles. The molecular formula is C19H25NO. The van der Waals surface area contributed by atoms with Crippen molar-refractivity contribution in [3.63, 3.8) is 0 Å². The largest absolute Gasteiger partial charge is 0.492 e. The van der Waals surface area contributed by atoms with E-state index in [9.17, 15) is 0 Å². The summed E-state index contributed by atoms with van der Waals surface area (Å²) in [7, 11) is 0. The number of ether oxygens (including phenoxy) is 1. The van der Waals surface area contributed by atoms with E-state index in [4.69, 9.17) is 10.5 Å². The number of nitrogens with two attached hydrogens (primary N) is 1. The highest BCUT2D eigenvalue weighted by Crippen LogP contribution is 2.20. The van der Waals surface area contributed by atoms with E-state index in [0.717, 1.165) is 11.3 Å². The molecule has 112 valence electrons. The van der Waals surface area contributed by atoms with Crippen molar-refractivity contribution >= 4 is 0 Å². The second-order valence-corrected chi connectivity index (χ2v) is 5.98. The first-order valence-electron chi connectivity index (χ1n) is 7.53. The summed E-state index contributed by atoms with van der Waals surface area (Å²) in [5.74, 6) is 1.43. The summed E-state index contributed by atoms with van der Waals surface area (Å²) in [6.07, 6.45) is 0. The van der Waals surface area contributed by atoms with Gasteiger partial charge in [0.2, 0.25) is 0 Å². The van der Waals surface area contributed by atoms with Crippen molar-refractivity contribution in [2.75, 3.05) is 6.61 Å². The Labute approximate surface area is 127 Å². The fourth-order valence-corrected chi connectivity index (χ4v) is 2.21. The van der Waals surface area contributed by atoms with Crippen LogP contribution in [0.25, 0.3) is 0 Å². The van der Waals surface area contributed by atoms with Gasteiger partial charge >= 0.3 is 0 Å². The van der Waals surface area contributed by atoms with E-state index in [1.807, 2.05) is 6.07 Å². The molecule has 1 unspecified atom stereocenters. The van der Waals surface area contributed by atoms with Crippen LogP contribution < -0.4 is 10.5 Å². The lowest BCUT2D eigenvalue weighted by Gasteiger charge is -2.15. The van der Waals surface area contributed by atoms with Gasteiger partial charge in [0.15, 0.2) is 0 Å². The first-order valence-corrected chi connectivity index (χ1v) is 7.53. The smallest absolute Gasteiger partial charge is 0.119 e. The molecule has 2 rings (SSSR count). The zero-order valence-electron chi connectivity index (χ0n) is 13.4. The summed E-state index contributed by atoms with van der Waals surface area (Å²) < 4.78 is 5.81. The lowest BCUT2D eigenvalue weighted by molar-refractivity contribution is 0.290. The number of hydrogen-bond acceptors (Lipinski definition) is 2. The predicted octanol–water partition coefficient (Wildman–Crippen LogP) is 4.51. The van der Waals surface area contributed by atoms with E-state index in [1.54, 1.807) is 0 Å². The van der Waals surface area contributed by atoms with E-state index >= 15 is 0 Å². The predicted molar refractivity (Wildman–Crippen MR) is 88.9 cm³/mol. The Kier molecular flexibility index (Phi) is 5.03. The fraction of sp³-hybridized carbons (Fsp3) is 0.368. The number of aryl methyl sites for hydroxylation is 2. The Morgan fingerprint density at radius 2 is 1.52 bits per heavy atom. The average molecular weight is 283 g/mol. The summed E-state index contributed by atoms with van der Waals surface area (Å²) in [4.78, 5) is 0. The van der Waals surface area contributed by atoms with E-state index in [1.165, 1.54) is 16.7 Å². The molecule has 0 heterocycles. The molecule has 0 aromatic heterocycles. The van der Waals surface area contributed by atoms with Crippen LogP contribution in [0.4, 0.5) is 0 Å². The number of rotatable bonds is 5. The SMILES string of the molecule is Cc1ccc(OCC(N)c2ccc(C(C)C)cc2)cc1C. The summed E-state index contributed by atoms with van der Waals surface area (Å²) in [6.45, 7) is 9.06. The fourth-order valence-electron chi connectivity index (χ4n) is 2.21. The second-order valence-electron chi connectivity index (χ2n) is 5.98. The topological polar surface area (TPSA) is 35.2 Å². The average Bonchev–Trinajstić information content (AvgIpc) is 2.48. The van der Waals surface area contributed by atoms with Crippen molar-refractivity contribution in [1.29, 1.82) is 0 Å². The van der Waals surface area contributed by atoms with Gasteiger partial charge in [-0.2, -0.15) is 0 Å². The zero-order valence-corrected chi connectivity index (χ0v) is 13.4. The molecule has 2 heteroatoms. The molecule has 1 atom stereocenters. The van der Waals surface area contributed by atoms with Gasteiger partial charge in [0.1, 0.15) is 12.4 Å². The van der Waals surface area contributed by atoms with Crippen LogP contribution in [-0.2, 0) is 0 Å². The minimum atomic E-state index is -0.104. The molecule has 2 N–H and O–H groups in total. The molecule has 2 aromatic rings. The number of benzene rings is 2. The highest BCUT2D eigenvalue weighted by molar-refractivity contribution is 5.34. The van der Waals surface area contributed by atoms with Gasteiger partial charge in [-0.15, -0.1) is 0 Å². The van der Waals surface area contributed by atoms with Gasteiger partial charge in [-0.05, 0) is 54.2 Å². The molecule has 0 aliphatic heterocycles. The molecule has 0 aliphatic rings. The van der Waals surface area contributed by atoms with Crippen molar-refractivity contribution in [3.8, 4) is 5.75 Å². The molecule has 21 heavy (non-hydrogen) atoms. The molecule has 2 aromatic carbocycles. The maximum Gasteiger partial charge on any atom is 0.119 e. The van der Waals surface area contributed by atoms with E-state index in [2.05, 4.69) is 64.1 Å². The molecule has 0 spiro atoms. The second kappa shape index (κ2) is 6.77. The normalized spacial score (nSPS) is 12.5. The van der Waals surface area contributed by atoms with Crippen molar-refractivity contribution in [2.24, 2.45) is 5.73 Å². The van der Waals surface area contributed by atoms with Gasteiger partial charge in [0.05, 0.1) is 6.04 Å². The first kappa shape index (κ1) is 15.6. The van der Waals surface area contributed by atoms with Crippen molar-refractivity contribution in [2.45, 2.75) is 39.7 Å². The van der Waals surface area contributed by atoms with Crippen molar-refractivity contribution < 1.29 is 4.74 Å². The quantitative estimate of drug-likeness (QED) is 0.876. The maximum atomic E-state index is 6.21. The standard InChI is InChI=1S/C19H25NO/c1-13(2)16-6-8-17(9-7-16)19(20)12-21-18-10-5-14(3)15(4)11-18/h5-11,13,19H,12,20H2,1-4H3. The Balaban J connectivity index is 1.97. The number of hydrogen-bond donors (Lipinski definition) is 1. The van der Waals surface area contributed by atoms with Crippen molar-refractivity contribution in [1.82, 2.24) is 0 Å². The highest BCUT2D eigenvalue weighted by atomic mass is 16.5. The monoisotopic (exact) mass is 283 g/mol. The molecule has 2 nitrogen and oxygen atoms in total. The minimum absolute atomic E-state index is 0.104. The zero-order chi connectivity index (χ0) is 15.4. The van der Waals surface area contributed by atoms with Crippen LogP contribution in [-0.4, -0.2) is 6.61 Å². The highest BCUT2D eigenvalue weighted by Gasteiger charge is 2.08. The van der Waals surface area contributed by atoms with Crippen LogP contribution in [0.2, 0.25) is 0 Å². The summed E-state index contributed by atoms with van der Waals surface area (Å²) >= 11 is 0. The van der Waals surface area contributed by atoms with Gasteiger partial charge in [0, 0.05) is 0 Å². The Morgan fingerprint density at radius 3 is 2.10 bits per heavy atom. The third-order valence-corrected chi connectivity index (χ3v) is 3.94. The van der Waals surface area contributed by atoms with E-state index in [0.29, 0.717) is 12.5 Å². The van der Waals surface area contributed by atoms with Crippen LogP contribution in [0, 0.1) is 13.8 Å². The molecule has 0 saturated carbocycles. The molecule has 0 bridgehead atoms. The van der Waals surface area contributed by atoms with Gasteiger partial charge in [-0.1, -0.05) is 44.2 Å². The Hall–Kier alpha value is -1.80. The lowest BCUT2D eigenvalue weighted by atomic mass is 9.99. The van der Waals surface area contributed by atoms with Gasteiger partial charge in [-0.25, -0.2) is 0 Å². The van der Waals surface area contributed by atoms with Crippen molar-refractivity contribution in [3.05, 3.63) is 64.7 Å². The van der Waals surface area contributed by atoms with E-state index < -0.39 is 0 Å². The Bertz CT molecular complexity index is 587. The minimum Gasteiger partial charge on any atom is -0.492 e. The molecule has 0 saturated heterocycles. The third kappa shape index (κ3) is 4.08. The first-order chi connectivity index (χ1) is 9.97. The van der Waals surface area contributed by atoms with Gasteiger partial charge < -0.3 is 10.5 Å². The van der Waals surface area contributed by atoms with E-state index in [-0.39, 0.29) is 6.04 Å². The molecular weight excluding hydrogens is 258 g/mol. The van der Waals surface area contributed by atoms with Crippen LogP contribution in [0.15, 0.2) is 42.5 Å². The third-order valence-electron chi connectivity index (χ3n) is 3.94. The van der Waals surface area contributed by atoms with Crippen LogP contribution >= 0.6 is 0 Å². The Morgan fingerprint density at radius 1 is 0.905 bits per heavy atom. The molecule has 0 radical (unpaired) electrons. The molecule has 0 amide bonds. The van der Waals surface area contributed by atoms with Crippen LogP contribution in [0.1, 0.15) is 48.1 Å². The van der Waals surface area contributed by atoms with Crippen LogP contribution in [0.3, 0.4) is 0 Å². The maximum absolute atomic E-state index is 6.21.